The van der Waals surface area contributed by atoms with E-state index in [1.54, 1.807) is 24.4 Å². The third kappa shape index (κ3) is 5.18. The van der Waals surface area contributed by atoms with Gasteiger partial charge in [0.1, 0.15) is 0 Å². The van der Waals surface area contributed by atoms with Gasteiger partial charge < -0.3 is 14.6 Å². The Morgan fingerprint density at radius 1 is 1.44 bits per heavy atom. The molecule has 1 heterocycles. The van der Waals surface area contributed by atoms with E-state index in [0.717, 1.165) is 0 Å². The minimum Gasteiger partial charge on any atom is -0.493 e. The highest BCUT2D eigenvalue weighted by Gasteiger charge is 2.13. The number of pyridine rings is 1. The molecular formula is C16H14ClN3O5. The number of carboxylic acid groups (broad SMARTS) is 1. The SMILES string of the molecule is COc1cc(/C=N\NC(=O)c2cccnc2)cc(Cl)c1OCC(=O)O. The molecule has 2 aromatic rings. The first kappa shape index (κ1) is 18.2. The molecule has 1 aromatic carbocycles. The number of methoxy groups -OCH3 is 1. The number of carboxylic acids is 1. The molecule has 0 fully saturated rings. The zero-order chi connectivity index (χ0) is 18.2. The first-order valence-electron chi connectivity index (χ1n) is 6.97. The van der Waals surface area contributed by atoms with E-state index in [9.17, 15) is 9.59 Å². The lowest BCUT2D eigenvalue weighted by atomic mass is 10.2. The summed E-state index contributed by atoms with van der Waals surface area (Å²) in [6, 6.07) is 6.29. The topological polar surface area (TPSA) is 110 Å². The summed E-state index contributed by atoms with van der Waals surface area (Å²) in [6.07, 6.45) is 4.34. The van der Waals surface area contributed by atoms with Gasteiger partial charge in [0.15, 0.2) is 18.1 Å². The van der Waals surface area contributed by atoms with Crippen molar-refractivity contribution in [1.29, 1.82) is 0 Å². The van der Waals surface area contributed by atoms with Gasteiger partial charge in [-0.25, -0.2) is 10.2 Å². The number of ether oxygens (including phenoxy) is 2. The fraction of sp³-hybridized carbons (Fsp3) is 0.125. The molecule has 1 amide bonds. The lowest BCUT2D eigenvalue weighted by molar-refractivity contribution is -0.139. The Kier molecular flexibility index (Phi) is 6.30. The highest BCUT2D eigenvalue weighted by molar-refractivity contribution is 6.32. The summed E-state index contributed by atoms with van der Waals surface area (Å²) in [5.74, 6) is -1.19. The molecular weight excluding hydrogens is 350 g/mol. The molecule has 0 aliphatic carbocycles. The zero-order valence-electron chi connectivity index (χ0n) is 13.1. The minimum atomic E-state index is -1.14. The van der Waals surface area contributed by atoms with Crippen LogP contribution in [0.2, 0.25) is 5.02 Å². The number of carbonyl (C=O) groups is 2. The third-order valence-electron chi connectivity index (χ3n) is 2.90. The molecule has 2 rings (SSSR count). The molecule has 0 bridgehead atoms. The van der Waals surface area contributed by atoms with Gasteiger partial charge in [0.2, 0.25) is 0 Å². The first-order valence-corrected chi connectivity index (χ1v) is 7.34. The van der Waals surface area contributed by atoms with Gasteiger partial charge in [-0.15, -0.1) is 0 Å². The quantitative estimate of drug-likeness (QED) is 0.575. The van der Waals surface area contributed by atoms with Gasteiger partial charge in [0, 0.05) is 12.4 Å². The summed E-state index contributed by atoms with van der Waals surface area (Å²) in [7, 11) is 1.39. The van der Waals surface area contributed by atoms with Crippen molar-refractivity contribution in [3.63, 3.8) is 0 Å². The number of hydrogen-bond donors (Lipinski definition) is 2. The van der Waals surface area contributed by atoms with Crippen molar-refractivity contribution in [3.05, 3.63) is 52.8 Å². The maximum absolute atomic E-state index is 11.8. The molecule has 0 atom stereocenters. The average molecular weight is 364 g/mol. The monoisotopic (exact) mass is 363 g/mol. The fourth-order valence-corrected chi connectivity index (χ4v) is 2.09. The van der Waals surface area contributed by atoms with Crippen LogP contribution in [-0.2, 0) is 4.79 Å². The van der Waals surface area contributed by atoms with Crippen molar-refractivity contribution in [2.24, 2.45) is 5.10 Å². The van der Waals surface area contributed by atoms with Crippen LogP contribution in [-0.4, -0.2) is 41.9 Å². The average Bonchev–Trinajstić information content (AvgIpc) is 2.60. The van der Waals surface area contributed by atoms with Gasteiger partial charge in [-0.3, -0.25) is 9.78 Å². The minimum absolute atomic E-state index is 0.114. The summed E-state index contributed by atoms with van der Waals surface area (Å²) < 4.78 is 10.2. The number of amides is 1. The van der Waals surface area contributed by atoms with Gasteiger partial charge in [-0.1, -0.05) is 11.6 Å². The zero-order valence-corrected chi connectivity index (χ0v) is 13.9. The lowest BCUT2D eigenvalue weighted by Crippen LogP contribution is -2.17. The van der Waals surface area contributed by atoms with Gasteiger partial charge in [-0.05, 0) is 29.8 Å². The molecule has 0 radical (unpaired) electrons. The normalized spacial score (nSPS) is 10.5. The molecule has 8 nitrogen and oxygen atoms in total. The molecule has 2 N–H and O–H groups in total. The predicted molar refractivity (Wildman–Crippen MR) is 90.4 cm³/mol. The lowest BCUT2D eigenvalue weighted by Gasteiger charge is -2.11. The van der Waals surface area contributed by atoms with Crippen LogP contribution in [0.15, 0.2) is 41.8 Å². The van der Waals surface area contributed by atoms with Crippen molar-refractivity contribution in [2.45, 2.75) is 0 Å². The van der Waals surface area contributed by atoms with Crippen LogP contribution in [0.1, 0.15) is 15.9 Å². The Hall–Kier alpha value is -3.13. The Balaban J connectivity index is 2.10. The fourth-order valence-electron chi connectivity index (χ4n) is 1.82. The second-order valence-corrected chi connectivity index (χ2v) is 5.06. The number of aromatic nitrogens is 1. The van der Waals surface area contributed by atoms with Crippen molar-refractivity contribution in [1.82, 2.24) is 10.4 Å². The molecule has 0 aliphatic heterocycles. The molecule has 0 saturated heterocycles. The number of aliphatic carboxylic acids is 1. The second kappa shape index (κ2) is 8.65. The standard InChI is InChI=1S/C16H14ClN3O5/c1-24-13-6-10(5-12(17)15(13)25-9-14(21)22)7-19-20-16(23)11-3-2-4-18-8-11/h2-8H,9H2,1H3,(H,20,23)(H,21,22)/b19-7-. The number of carbonyl (C=O) groups excluding carboxylic acids is 1. The van der Waals surface area contributed by atoms with E-state index in [4.69, 9.17) is 26.2 Å². The van der Waals surface area contributed by atoms with E-state index in [2.05, 4.69) is 15.5 Å². The van der Waals surface area contributed by atoms with E-state index in [0.29, 0.717) is 11.1 Å². The third-order valence-corrected chi connectivity index (χ3v) is 3.18. The molecule has 130 valence electrons. The summed E-state index contributed by atoms with van der Waals surface area (Å²) in [5, 5.41) is 12.7. The Bertz CT molecular complexity index is 796. The van der Waals surface area contributed by atoms with Crippen molar-refractivity contribution in [2.75, 3.05) is 13.7 Å². The largest absolute Gasteiger partial charge is 0.493 e. The van der Waals surface area contributed by atoms with E-state index < -0.39 is 18.5 Å². The van der Waals surface area contributed by atoms with E-state index in [-0.39, 0.29) is 16.5 Å². The highest BCUT2D eigenvalue weighted by Crippen LogP contribution is 2.36. The van der Waals surface area contributed by atoms with Crippen molar-refractivity contribution < 1.29 is 24.2 Å². The molecule has 0 aliphatic rings. The van der Waals surface area contributed by atoms with Crippen molar-refractivity contribution in [3.8, 4) is 11.5 Å². The highest BCUT2D eigenvalue weighted by atomic mass is 35.5. The number of rotatable bonds is 7. The number of hydrazone groups is 1. The van der Waals surface area contributed by atoms with Crippen LogP contribution in [0.3, 0.4) is 0 Å². The number of halogens is 1. The maximum atomic E-state index is 11.8. The van der Waals surface area contributed by atoms with Gasteiger partial charge in [-0.2, -0.15) is 5.10 Å². The smallest absolute Gasteiger partial charge is 0.341 e. The Labute approximate surface area is 148 Å². The number of nitrogens with one attached hydrogen (secondary N) is 1. The second-order valence-electron chi connectivity index (χ2n) is 4.66. The molecule has 0 spiro atoms. The summed E-state index contributed by atoms with van der Waals surface area (Å²) in [4.78, 5) is 26.3. The Morgan fingerprint density at radius 3 is 2.88 bits per heavy atom. The van der Waals surface area contributed by atoms with E-state index >= 15 is 0 Å². The summed E-state index contributed by atoms with van der Waals surface area (Å²) >= 11 is 6.08. The van der Waals surface area contributed by atoms with Crippen LogP contribution < -0.4 is 14.9 Å². The number of benzene rings is 1. The van der Waals surface area contributed by atoms with E-state index in [1.165, 1.54) is 25.6 Å². The molecule has 9 heteroatoms. The molecule has 0 saturated carbocycles. The molecule has 25 heavy (non-hydrogen) atoms. The number of hydrogen-bond acceptors (Lipinski definition) is 6. The number of nitrogens with zero attached hydrogens (tertiary/aromatic N) is 2. The predicted octanol–water partition coefficient (Wildman–Crippen LogP) is 1.97. The summed E-state index contributed by atoms with van der Waals surface area (Å²) in [6.45, 7) is -0.551. The maximum Gasteiger partial charge on any atom is 0.341 e. The van der Waals surface area contributed by atoms with Crippen LogP contribution >= 0.6 is 11.6 Å². The van der Waals surface area contributed by atoms with E-state index in [1.807, 2.05) is 0 Å². The molecule has 1 aromatic heterocycles. The van der Waals surface area contributed by atoms with Crippen LogP contribution in [0.5, 0.6) is 11.5 Å². The van der Waals surface area contributed by atoms with Crippen LogP contribution in [0, 0.1) is 0 Å². The van der Waals surface area contributed by atoms with Gasteiger partial charge in [0.05, 0.1) is 23.9 Å². The molecule has 0 unspecified atom stereocenters. The van der Waals surface area contributed by atoms with Crippen LogP contribution in [0.25, 0.3) is 0 Å². The first-order chi connectivity index (χ1) is 12.0. The van der Waals surface area contributed by atoms with Crippen LogP contribution in [0.4, 0.5) is 0 Å². The summed E-state index contributed by atoms with van der Waals surface area (Å²) in [5.41, 5.74) is 3.25. The Morgan fingerprint density at radius 2 is 2.24 bits per heavy atom. The van der Waals surface area contributed by atoms with Gasteiger partial charge >= 0.3 is 5.97 Å². The van der Waals surface area contributed by atoms with Gasteiger partial charge in [0.25, 0.3) is 5.91 Å². The van der Waals surface area contributed by atoms with Crippen molar-refractivity contribution >= 4 is 29.7 Å².